The number of hydrogen-bond acceptors (Lipinski definition) is 3. The van der Waals surface area contributed by atoms with E-state index in [0.29, 0.717) is 31.3 Å². The van der Waals surface area contributed by atoms with Gasteiger partial charge in [-0.25, -0.2) is 0 Å². The predicted octanol–water partition coefficient (Wildman–Crippen LogP) is 2.53. The Morgan fingerprint density at radius 2 is 2.11 bits per heavy atom. The molecule has 0 aliphatic heterocycles. The van der Waals surface area contributed by atoms with E-state index in [0.717, 1.165) is 31.4 Å². The highest BCUT2D eigenvalue weighted by molar-refractivity contribution is 4.97. The monoisotopic (exact) mass is 252 g/mol. The molecule has 0 unspecified atom stereocenters. The van der Waals surface area contributed by atoms with Crippen LogP contribution >= 0.6 is 0 Å². The van der Waals surface area contributed by atoms with E-state index in [4.69, 9.17) is 9.84 Å². The van der Waals surface area contributed by atoms with Crippen molar-refractivity contribution in [3.8, 4) is 0 Å². The molecule has 4 heteroatoms. The lowest BCUT2D eigenvalue weighted by Gasteiger charge is -2.27. The summed E-state index contributed by atoms with van der Waals surface area (Å²) >= 11 is 0. The fourth-order valence-electron chi connectivity index (χ4n) is 2.43. The Hall–Kier alpha value is -0.870. The van der Waals surface area contributed by atoms with Crippen LogP contribution in [-0.4, -0.2) is 27.6 Å². The van der Waals surface area contributed by atoms with Crippen LogP contribution in [0.15, 0.2) is 12.3 Å². The van der Waals surface area contributed by atoms with Crippen LogP contribution in [-0.2, 0) is 11.3 Å². The van der Waals surface area contributed by atoms with Gasteiger partial charge in [0.2, 0.25) is 0 Å². The normalized spacial score (nSPS) is 24.7. The van der Waals surface area contributed by atoms with E-state index in [1.54, 1.807) is 0 Å². The summed E-state index contributed by atoms with van der Waals surface area (Å²) in [6.07, 6.45) is 6.65. The molecule has 0 spiro atoms. The third kappa shape index (κ3) is 3.56. The molecule has 18 heavy (non-hydrogen) atoms. The molecular weight excluding hydrogens is 228 g/mol. The van der Waals surface area contributed by atoms with E-state index in [1.165, 1.54) is 0 Å². The summed E-state index contributed by atoms with van der Waals surface area (Å²) in [6, 6.07) is 2.43. The Morgan fingerprint density at radius 1 is 1.39 bits per heavy atom. The van der Waals surface area contributed by atoms with E-state index in [9.17, 15) is 0 Å². The largest absolute Gasteiger partial charge is 0.396 e. The van der Waals surface area contributed by atoms with Crippen molar-refractivity contribution in [1.29, 1.82) is 0 Å². The second-order valence-corrected chi connectivity index (χ2v) is 5.52. The van der Waals surface area contributed by atoms with Gasteiger partial charge in [-0.05, 0) is 51.5 Å². The van der Waals surface area contributed by atoms with Crippen LogP contribution in [0.4, 0.5) is 0 Å². The van der Waals surface area contributed by atoms with E-state index in [2.05, 4.69) is 18.9 Å². The van der Waals surface area contributed by atoms with Gasteiger partial charge < -0.3 is 9.84 Å². The molecule has 1 aliphatic carbocycles. The van der Waals surface area contributed by atoms with E-state index >= 15 is 0 Å². The fraction of sp³-hybridized carbons (Fsp3) is 0.786. The lowest BCUT2D eigenvalue weighted by atomic mass is 9.88. The minimum absolute atomic E-state index is 0.325. The van der Waals surface area contributed by atoms with Crippen molar-refractivity contribution in [2.75, 3.05) is 6.61 Å². The first-order chi connectivity index (χ1) is 8.69. The minimum atomic E-state index is 0.325. The van der Waals surface area contributed by atoms with E-state index in [-0.39, 0.29) is 0 Å². The van der Waals surface area contributed by atoms with Crippen molar-refractivity contribution in [2.24, 2.45) is 5.92 Å². The summed E-state index contributed by atoms with van der Waals surface area (Å²) in [5.41, 5.74) is 1.01. The van der Waals surface area contributed by atoms with Crippen LogP contribution in [0.25, 0.3) is 0 Å². The topological polar surface area (TPSA) is 47.3 Å². The SMILES string of the molecule is CC(C)n1ccc(COC2CCC(CO)CC2)n1. The highest BCUT2D eigenvalue weighted by Gasteiger charge is 2.21. The smallest absolute Gasteiger partial charge is 0.0910 e. The summed E-state index contributed by atoms with van der Waals surface area (Å²) < 4.78 is 7.86. The van der Waals surface area contributed by atoms with Crippen LogP contribution in [0.2, 0.25) is 0 Å². The highest BCUT2D eigenvalue weighted by Crippen LogP contribution is 2.26. The maximum absolute atomic E-state index is 9.09. The van der Waals surface area contributed by atoms with Gasteiger partial charge >= 0.3 is 0 Å². The summed E-state index contributed by atoms with van der Waals surface area (Å²) in [6.45, 7) is 5.17. The van der Waals surface area contributed by atoms with Crippen LogP contribution in [0, 0.1) is 5.92 Å². The Balaban J connectivity index is 1.74. The number of aliphatic hydroxyl groups excluding tert-OH is 1. The van der Waals surface area contributed by atoms with Crippen molar-refractivity contribution in [3.63, 3.8) is 0 Å². The number of nitrogens with zero attached hydrogens (tertiary/aromatic N) is 2. The first kappa shape index (κ1) is 13.6. The van der Waals surface area contributed by atoms with Gasteiger partial charge in [-0.3, -0.25) is 4.68 Å². The molecule has 0 bridgehead atoms. The molecule has 1 saturated carbocycles. The van der Waals surface area contributed by atoms with Gasteiger partial charge in [0.05, 0.1) is 18.4 Å². The molecule has 1 aromatic rings. The first-order valence-corrected chi connectivity index (χ1v) is 6.95. The van der Waals surface area contributed by atoms with Crippen molar-refractivity contribution in [1.82, 2.24) is 9.78 Å². The summed E-state index contributed by atoms with van der Waals surface area (Å²) in [4.78, 5) is 0. The Labute approximate surface area is 109 Å². The molecule has 0 radical (unpaired) electrons. The number of ether oxygens (including phenoxy) is 1. The summed E-state index contributed by atoms with van der Waals surface area (Å²) in [5.74, 6) is 0.491. The molecule has 1 fully saturated rings. The quantitative estimate of drug-likeness (QED) is 0.876. The number of aromatic nitrogens is 2. The standard InChI is InChI=1S/C14H24N2O2/c1-11(2)16-8-7-13(15-16)10-18-14-5-3-12(9-17)4-6-14/h7-8,11-12,14,17H,3-6,9-10H2,1-2H3. The van der Waals surface area contributed by atoms with Gasteiger partial charge in [0.15, 0.2) is 0 Å². The number of aliphatic hydroxyl groups is 1. The van der Waals surface area contributed by atoms with Gasteiger partial charge in [0.1, 0.15) is 0 Å². The summed E-state index contributed by atoms with van der Waals surface area (Å²) in [5, 5.41) is 13.6. The van der Waals surface area contributed by atoms with Gasteiger partial charge in [-0.2, -0.15) is 5.10 Å². The molecule has 0 saturated heterocycles. The number of hydrogen-bond donors (Lipinski definition) is 1. The molecular formula is C14H24N2O2. The zero-order chi connectivity index (χ0) is 13.0. The molecule has 1 aromatic heterocycles. The Morgan fingerprint density at radius 3 is 2.67 bits per heavy atom. The molecule has 0 aromatic carbocycles. The molecule has 1 N–H and O–H groups in total. The molecule has 1 heterocycles. The molecule has 4 nitrogen and oxygen atoms in total. The summed E-state index contributed by atoms with van der Waals surface area (Å²) in [7, 11) is 0. The zero-order valence-corrected chi connectivity index (χ0v) is 11.4. The molecule has 1 aliphatic rings. The van der Waals surface area contributed by atoms with Crippen LogP contribution < -0.4 is 0 Å². The van der Waals surface area contributed by atoms with Crippen molar-refractivity contribution in [3.05, 3.63) is 18.0 Å². The van der Waals surface area contributed by atoms with Crippen LogP contribution in [0.1, 0.15) is 51.3 Å². The van der Waals surface area contributed by atoms with E-state index < -0.39 is 0 Å². The lowest BCUT2D eigenvalue weighted by molar-refractivity contribution is -0.000371. The lowest BCUT2D eigenvalue weighted by Crippen LogP contribution is -2.23. The van der Waals surface area contributed by atoms with Gasteiger partial charge in [0, 0.05) is 18.8 Å². The maximum Gasteiger partial charge on any atom is 0.0910 e. The molecule has 102 valence electrons. The van der Waals surface area contributed by atoms with Crippen molar-refractivity contribution >= 4 is 0 Å². The average molecular weight is 252 g/mol. The van der Waals surface area contributed by atoms with Crippen LogP contribution in [0.5, 0.6) is 0 Å². The fourth-order valence-corrected chi connectivity index (χ4v) is 2.43. The third-order valence-electron chi connectivity index (χ3n) is 3.71. The Kier molecular flexibility index (Phi) is 4.78. The zero-order valence-electron chi connectivity index (χ0n) is 11.4. The van der Waals surface area contributed by atoms with Crippen LogP contribution in [0.3, 0.4) is 0 Å². The molecule has 0 amide bonds. The van der Waals surface area contributed by atoms with Gasteiger partial charge in [-0.15, -0.1) is 0 Å². The average Bonchev–Trinajstić information content (AvgIpc) is 2.86. The van der Waals surface area contributed by atoms with Crippen molar-refractivity contribution in [2.45, 2.75) is 58.3 Å². The Bertz CT molecular complexity index is 354. The third-order valence-corrected chi connectivity index (χ3v) is 3.71. The number of rotatable bonds is 5. The second-order valence-electron chi connectivity index (χ2n) is 5.52. The maximum atomic E-state index is 9.09. The minimum Gasteiger partial charge on any atom is -0.396 e. The predicted molar refractivity (Wildman–Crippen MR) is 70.2 cm³/mol. The highest BCUT2D eigenvalue weighted by atomic mass is 16.5. The second kappa shape index (κ2) is 6.34. The van der Waals surface area contributed by atoms with Crippen molar-refractivity contribution < 1.29 is 9.84 Å². The van der Waals surface area contributed by atoms with Gasteiger partial charge in [-0.1, -0.05) is 0 Å². The first-order valence-electron chi connectivity index (χ1n) is 6.95. The molecule has 2 rings (SSSR count). The van der Waals surface area contributed by atoms with Gasteiger partial charge in [0.25, 0.3) is 0 Å². The molecule has 0 atom stereocenters. The van der Waals surface area contributed by atoms with E-state index in [1.807, 2.05) is 16.9 Å².